The van der Waals surface area contributed by atoms with Gasteiger partial charge in [-0.3, -0.25) is 4.79 Å². The lowest BCUT2D eigenvalue weighted by Crippen LogP contribution is -2.02. The molecule has 2 rings (SSSR count). The molecule has 0 aromatic carbocycles. The SMILES string of the molecule is COC(=O)Cc1cc(-c2nc(C)sc2F)cs1. The third-order valence-electron chi connectivity index (χ3n) is 2.17. The van der Waals surface area contributed by atoms with E-state index in [-0.39, 0.29) is 17.5 Å². The monoisotopic (exact) mass is 271 g/mol. The third-order valence-corrected chi connectivity index (χ3v) is 3.86. The number of methoxy groups -OCH3 is 1. The van der Waals surface area contributed by atoms with Crippen LogP contribution in [0.5, 0.6) is 0 Å². The Balaban J connectivity index is 2.24. The van der Waals surface area contributed by atoms with Crippen molar-refractivity contribution in [2.24, 2.45) is 0 Å². The van der Waals surface area contributed by atoms with Crippen molar-refractivity contribution in [2.45, 2.75) is 13.3 Å². The molecule has 0 bridgehead atoms. The zero-order valence-electron chi connectivity index (χ0n) is 9.32. The van der Waals surface area contributed by atoms with Crippen molar-refractivity contribution in [1.82, 2.24) is 4.98 Å². The fraction of sp³-hybridized carbons (Fsp3) is 0.273. The number of rotatable bonds is 3. The molecule has 0 aliphatic rings. The van der Waals surface area contributed by atoms with Gasteiger partial charge < -0.3 is 4.74 Å². The average molecular weight is 271 g/mol. The van der Waals surface area contributed by atoms with Crippen LogP contribution in [0.1, 0.15) is 9.88 Å². The lowest BCUT2D eigenvalue weighted by Gasteiger charge is -1.94. The molecular weight excluding hydrogens is 261 g/mol. The van der Waals surface area contributed by atoms with E-state index in [2.05, 4.69) is 9.72 Å². The maximum absolute atomic E-state index is 13.5. The number of hydrogen-bond donors (Lipinski definition) is 0. The van der Waals surface area contributed by atoms with Crippen LogP contribution in [-0.4, -0.2) is 18.1 Å². The summed E-state index contributed by atoms with van der Waals surface area (Å²) in [4.78, 5) is 16.1. The van der Waals surface area contributed by atoms with E-state index in [4.69, 9.17) is 0 Å². The zero-order chi connectivity index (χ0) is 12.4. The van der Waals surface area contributed by atoms with Crippen LogP contribution in [-0.2, 0) is 16.0 Å². The largest absolute Gasteiger partial charge is 0.469 e. The second-order valence-corrected chi connectivity index (χ2v) is 5.56. The van der Waals surface area contributed by atoms with Crippen LogP contribution in [0.25, 0.3) is 11.3 Å². The van der Waals surface area contributed by atoms with E-state index >= 15 is 0 Å². The number of thiophene rings is 1. The van der Waals surface area contributed by atoms with E-state index in [1.54, 1.807) is 18.4 Å². The summed E-state index contributed by atoms with van der Waals surface area (Å²) >= 11 is 2.43. The summed E-state index contributed by atoms with van der Waals surface area (Å²) in [6, 6.07) is 1.78. The van der Waals surface area contributed by atoms with Crippen LogP contribution in [0.15, 0.2) is 11.4 Å². The van der Waals surface area contributed by atoms with Crippen LogP contribution < -0.4 is 0 Å². The second kappa shape index (κ2) is 4.93. The highest BCUT2D eigenvalue weighted by Gasteiger charge is 2.14. The molecule has 0 aliphatic carbocycles. The number of ether oxygens (including phenoxy) is 1. The fourth-order valence-corrected chi connectivity index (χ4v) is 2.90. The predicted octanol–water partition coefficient (Wildman–Crippen LogP) is 3.03. The molecule has 2 aromatic heterocycles. The van der Waals surface area contributed by atoms with Crippen molar-refractivity contribution in [1.29, 1.82) is 0 Å². The first-order valence-corrected chi connectivity index (χ1v) is 6.57. The van der Waals surface area contributed by atoms with Gasteiger partial charge in [0, 0.05) is 15.8 Å². The Morgan fingerprint density at radius 2 is 2.35 bits per heavy atom. The van der Waals surface area contributed by atoms with Crippen LogP contribution in [0, 0.1) is 12.1 Å². The van der Waals surface area contributed by atoms with E-state index in [1.165, 1.54) is 18.4 Å². The van der Waals surface area contributed by atoms with Crippen molar-refractivity contribution >= 4 is 28.6 Å². The molecule has 17 heavy (non-hydrogen) atoms. The van der Waals surface area contributed by atoms with Gasteiger partial charge in [0.05, 0.1) is 18.5 Å². The minimum atomic E-state index is -0.298. The highest BCUT2D eigenvalue weighted by Crippen LogP contribution is 2.30. The summed E-state index contributed by atoms with van der Waals surface area (Å²) < 4.78 is 18.1. The maximum atomic E-state index is 13.5. The van der Waals surface area contributed by atoms with Crippen molar-refractivity contribution in [3.05, 3.63) is 26.5 Å². The molecule has 0 saturated heterocycles. The summed E-state index contributed by atoms with van der Waals surface area (Å²) in [7, 11) is 1.35. The molecule has 6 heteroatoms. The zero-order valence-corrected chi connectivity index (χ0v) is 11.0. The summed E-state index contributed by atoms with van der Waals surface area (Å²) in [5.74, 6) is -0.298. The smallest absolute Gasteiger partial charge is 0.310 e. The highest BCUT2D eigenvalue weighted by molar-refractivity contribution is 7.11. The molecule has 0 saturated carbocycles. The first-order valence-electron chi connectivity index (χ1n) is 4.87. The lowest BCUT2D eigenvalue weighted by molar-refractivity contribution is -0.139. The molecule has 2 aromatic rings. The van der Waals surface area contributed by atoms with Crippen molar-refractivity contribution in [3.8, 4) is 11.3 Å². The minimum Gasteiger partial charge on any atom is -0.469 e. The number of thiazole rings is 1. The van der Waals surface area contributed by atoms with Gasteiger partial charge in [0.25, 0.3) is 0 Å². The molecule has 0 radical (unpaired) electrons. The van der Waals surface area contributed by atoms with E-state index in [0.29, 0.717) is 10.7 Å². The third kappa shape index (κ3) is 2.70. The van der Waals surface area contributed by atoms with Gasteiger partial charge in [0.15, 0.2) is 0 Å². The van der Waals surface area contributed by atoms with Gasteiger partial charge >= 0.3 is 5.97 Å². The number of halogens is 1. The molecule has 0 atom stereocenters. The normalized spacial score (nSPS) is 10.5. The van der Waals surface area contributed by atoms with Crippen LogP contribution in [0.3, 0.4) is 0 Å². The number of hydrogen-bond acceptors (Lipinski definition) is 5. The van der Waals surface area contributed by atoms with Crippen molar-refractivity contribution < 1.29 is 13.9 Å². The summed E-state index contributed by atoms with van der Waals surface area (Å²) in [6.45, 7) is 1.76. The van der Waals surface area contributed by atoms with E-state index < -0.39 is 0 Å². The number of carbonyl (C=O) groups is 1. The Hall–Kier alpha value is -1.27. The number of esters is 1. The molecule has 90 valence electrons. The Kier molecular flexibility index (Phi) is 3.54. The average Bonchev–Trinajstić information content (AvgIpc) is 2.85. The Morgan fingerprint density at radius 3 is 2.94 bits per heavy atom. The molecule has 0 aliphatic heterocycles. The molecule has 0 amide bonds. The van der Waals surface area contributed by atoms with Crippen molar-refractivity contribution in [3.63, 3.8) is 0 Å². The van der Waals surface area contributed by atoms with Crippen molar-refractivity contribution in [2.75, 3.05) is 7.11 Å². The van der Waals surface area contributed by atoms with Gasteiger partial charge in [0.1, 0.15) is 5.69 Å². The Bertz CT molecular complexity index is 547. The molecule has 3 nitrogen and oxygen atoms in total. The first kappa shape index (κ1) is 12.2. The fourth-order valence-electron chi connectivity index (χ4n) is 1.39. The highest BCUT2D eigenvalue weighted by atomic mass is 32.1. The van der Waals surface area contributed by atoms with Gasteiger partial charge in [-0.05, 0) is 13.0 Å². The molecule has 0 unspecified atom stereocenters. The topological polar surface area (TPSA) is 39.2 Å². The molecule has 2 heterocycles. The van der Waals surface area contributed by atoms with E-state index in [1.807, 2.05) is 0 Å². The molecular formula is C11H10FNO2S2. The molecule has 0 N–H and O–H groups in total. The van der Waals surface area contributed by atoms with Gasteiger partial charge in [-0.15, -0.1) is 11.3 Å². The number of nitrogens with zero attached hydrogens (tertiary/aromatic N) is 1. The quantitative estimate of drug-likeness (QED) is 0.805. The number of aromatic nitrogens is 1. The number of carbonyl (C=O) groups excluding carboxylic acids is 1. The van der Waals surface area contributed by atoms with Crippen LogP contribution >= 0.6 is 22.7 Å². The Morgan fingerprint density at radius 1 is 1.59 bits per heavy atom. The van der Waals surface area contributed by atoms with E-state index in [0.717, 1.165) is 21.8 Å². The van der Waals surface area contributed by atoms with Crippen LogP contribution in [0.2, 0.25) is 0 Å². The maximum Gasteiger partial charge on any atom is 0.310 e. The lowest BCUT2D eigenvalue weighted by atomic mass is 10.2. The summed E-state index contributed by atoms with van der Waals surface area (Å²) in [5, 5.41) is 2.21. The Labute approximate surface area is 106 Å². The van der Waals surface area contributed by atoms with Crippen LogP contribution in [0.4, 0.5) is 4.39 Å². The standard InChI is InChI=1S/C11H10FNO2S2/c1-6-13-10(11(12)17-6)7-3-8(16-5-7)4-9(14)15-2/h3,5H,4H2,1-2H3. The summed E-state index contributed by atoms with van der Waals surface area (Å²) in [5.41, 5.74) is 1.08. The number of aryl methyl sites for hydroxylation is 1. The molecule has 0 fully saturated rings. The van der Waals surface area contributed by atoms with Gasteiger partial charge in [0.2, 0.25) is 5.13 Å². The molecule has 0 spiro atoms. The first-order chi connectivity index (χ1) is 8.10. The predicted molar refractivity (Wildman–Crippen MR) is 65.8 cm³/mol. The second-order valence-electron chi connectivity index (χ2n) is 3.41. The van der Waals surface area contributed by atoms with Gasteiger partial charge in [-0.25, -0.2) is 4.98 Å². The minimum absolute atomic E-state index is 0.214. The van der Waals surface area contributed by atoms with Gasteiger partial charge in [-0.1, -0.05) is 11.3 Å². The summed E-state index contributed by atoms with van der Waals surface area (Å²) in [6.07, 6.45) is 0.214. The van der Waals surface area contributed by atoms with E-state index in [9.17, 15) is 9.18 Å². The van der Waals surface area contributed by atoms with Gasteiger partial charge in [-0.2, -0.15) is 4.39 Å².